The first kappa shape index (κ1) is 22.5. The van der Waals surface area contributed by atoms with Crippen molar-refractivity contribution in [2.75, 3.05) is 43.6 Å². The standard InChI is InChI=1S/C24H30N2O5/c1-4-30-22-15-18(5-10-21(22)29-3)24(28)31-16-23(27)25-19-6-8-20(9-7-19)26-13-11-17(2)12-14-26/h5-10,15,17H,4,11-14,16H2,1-3H3,(H,25,27). The van der Waals surface area contributed by atoms with Gasteiger partial charge in [-0.2, -0.15) is 0 Å². The molecule has 0 aromatic heterocycles. The number of anilines is 2. The molecule has 7 heteroatoms. The maximum absolute atomic E-state index is 12.3. The molecule has 31 heavy (non-hydrogen) atoms. The summed E-state index contributed by atoms with van der Waals surface area (Å²) in [5.41, 5.74) is 2.11. The van der Waals surface area contributed by atoms with E-state index in [1.54, 1.807) is 18.2 Å². The number of methoxy groups -OCH3 is 1. The fraction of sp³-hybridized carbons (Fsp3) is 0.417. The van der Waals surface area contributed by atoms with E-state index in [-0.39, 0.29) is 12.2 Å². The third-order valence-corrected chi connectivity index (χ3v) is 5.33. The van der Waals surface area contributed by atoms with Crippen LogP contribution < -0.4 is 19.7 Å². The lowest BCUT2D eigenvalue weighted by Gasteiger charge is -2.32. The molecule has 1 aliphatic heterocycles. The molecular formula is C24H30N2O5. The molecule has 0 unspecified atom stereocenters. The first-order valence-corrected chi connectivity index (χ1v) is 10.6. The van der Waals surface area contributed by atoms with Crippen molar-refractivity contribution in [1.82, 2.24) is 0 Å². The van der Waals surface area contributed by atoms with Crippen LogP contribution in [0.25, 0.3) is 0 Å². The number of carbonyl (C=O) groups is 2. The van der Waals surface area contributed by atoms with Crippen LogP contribution in [0.2, 0.25) is 0 Å². The Labute approximate surface area is 183 Å². The van der Waals surface area contributed by atoms with Crippen molar-refractivity contribution in [3.8, 4) is 11.5 Å². The molecular weight excluding hydrogens is 396 g/mol. The van der Waals surface area contributed by atoms with Crippen molar-refractivity contribution in [3.05, 3.63) is 48.0 Å². The molecule has 3 rings (SSSR count). The van der Waals surface area contributed by atoms with E-state index in [0.717, 1.165) is 24.7 Å². The average Bonchev–Trinajstić information content (AvgIpc) is 2.79. The van der Waals surface area contributed by atoms with Gasteiger partial charge in [0, 0.05) is 24.5 Å². The summed E-state index contributed by atoms with van der Waals surface area (Å²) in [7, 11) is 1.53. The van der Waals surface area contributed by atoms with Crippen LogP contribution in [0.3, 0.4) is 0 Å². The van der Waals surface area contributed by atoms with Crippen LogP contribution in [0.5, 0.6) is 11.5 Å². The van der Waals surface area contributed by atoms with Gasteiger partial charge in [-0.3, -0.25) is 4.79 Å². The SMILES string of the molecule is CCOc1cc(C(=O)OCC(=O)Nc2ccc(N3CCC(C)CC3)cc2)ccc1OC. The monoisotopic (exact) mass is 426 g/mol. The van der Waals surface area contributed by atoms with Crippen LogP contribution in [0.15, 0.2) is 42.5 Å². The van der Waals surface area contributed by atoms with E-state index in [4.69, 9.17) is 14.2 Å². The van der Waals surface area contributed by atoms with Gasteiger partial charge in [-0.25, -0.2) is 4.79 Å². The van der Waals surface area contributed by atoms with E-state index < -0.39 is 11.9 Å². The van der Waals surface area contributed by atoms with Gasteiger partial charge in [-0.15, -0.1) is 0 Å². The van der Waals surface area contributed by atoms with E-state index in [9.17, 15) is 9.59 Å². The summed E-state index contributed by atoms with van der Waals surface area (Å²) >= 11 is 0. The molecule has 1 saturated heterocycles. The average molecular weight is 427 g/mol. The molecule has 0 saturated carbocycles. The van der Waals surface area contributed by atoms with E-state index in [2.05, 4.69) is 17.1 Å². The number of amides is 1. The Morgan fingerprint density at radius 3 is 2.42 bits per heavy atom. The Morgan fingerprint density at radius 2 is 1.77 bits per heavy atom. The van der Waals surface area contributed by atoms with Gasteiger partial charge in [-0.05, 0) is 68.1 Å². The predicted octanol–water partition coefficient (Wildman–Crippen LogP) is 4.13. The smallest absolute Gasteiger partial charge is 0.338 e. The van der Waals surface area contributed by atoms with Gasteiger partial charge in [0.05, 0.1) is 19.3 Å². The highest BCUT2D eigenvalue weighted by Crippen LogP contribution is 2.28. The molecule has 1 amide bonds. The zero-order valence-corrected chi connectivity index (χ0v) is 18.3. The normalized spacial score (nSPS) is 14.1. The van der Waals surface area contributed by atoms with E-state index >= 15 is 0 Å². The summed E-state index contributed by atoms with van der Waals surface area (Å²) in [6.45, 7) is 6.30. The molecule has 0 aliphatic carbocycles. The van der Waals surface area contributed by atoms with Crippen molar-refractivity contribution in [2.24, 2.45) is 5.92 Å². The second-order valence-electron chi connectivity index (χ2n) is 7.64. The fourth-order valence-electron chi connectivity index (χ4n) is 3.51. The van der Waals surface area contributed by atoms with Crippen molar-refractivity contribution in [2.45, 2.75) is 26.7 Å². The van der Waals surface area contributed by atoms with Gasteiger partial charge in [0.1, 0.15) is 0 Å². The zero-order valence-electron chi connectivity index (χ0n) is 18.3. The van der Waals surface area contributed by atoms with Gasteiger partial charge < -0.3 is 24.4 Å². The number of piperidine rings is 1. The molecule has 0 spiro atoms. The number of esters is 1. The van der Waals surface area contributed by atoms with Crippen LogP contribution in [-0.2, 0) is 9.53 Å². The lowest BCUT2D eigenvalue weighted by molar-refractivity contribution is -0.119. The van der Waals surface area contributed by atoms with Crippen LogP contribution in [-0.4, -0.2) is 45.3 Å². The number of nitrogens with zero attached hydrogens (tertiary/aromatic N) is 1. The summed E-state index contributed by atoms with van der Waals surface area (Å²) in [6.07, 6.45) is 2.40. The summed E-state index contributed by atoms with van der Waals surface area (Å²) in [4.78, 5) is 26.9. The molecule has 1 N–H and O–H groups in total. The molecule has 0 radical (unpaired) electrons. The number of nitrogens with one attached hydrogen (secondary N) is 1. The molecule has 166 valence electrons. The van der Waals surface area contributed by atoms with Gasteiger partial charge in [-0.1, -0.05) is 6.92 Å². The summed E-state index contributed by atoms with van der Waals surface area (Å²) in [6, 6.07) is 12.5. The molecule has 0 atom stereocenters. The van der Waals surface area contributed by atoms with Gasteiger partial charge in [0.2, 0.25) is 0 Å². The zero-order chi connectivity index (χ0) is 22.2. The molecule has 7 nitrogen and oxygen atoms in total. The highest BCUT2D eigenvalue weighted by atomic mass is 16.5. The van der Waals surface area contributed by atoms with Crippen LogP contribution in [0.4, 0.5) is 11.4 Å². The lowest BCUT2D eigenvalue weighted by atomic mass is 9.99. The Balaban J connectivity index is 1.50. The van der Waals surface area contributed by atoms with Crippen molar-refractivity contribution in [1.29, 1.82) is 0 Å². The first-order valence-electron chi connectivity index (χ1n) is 10.6. The second-order valence-corrected chi connectivity index (χ2v) is 7.64. The highest BCUT2D eigenvalue weighted by molar-refractivity contribution is 5.95. The fourth-order valence-corrected chi connectivity index (χ4v) is 3.51. The Bertz CT molecular complexity index is 889. The van der Waals surface area contributed by atoms with Crippen molar-refractivity contribution < 1.29 is 23.8 Å². The van der Waals surface area contributed by atoms with Gasteiger partial charge in [0.25, 0.3) is 5.91 Å². The van der Waals surface area contributed by atoms with Crippen LogP contribution in [0.1, 0.15) is 37.0 Å². The molecule has 1 fully saturated rings. The van der Waals surface area contributed by atoms with E-state index in [1.807, 2.05) is 31.2 Å². The quantitative estimate of drug-likeness (QED) is 0.640. The number of ether oxygens (including phenoxy) is 3. The first-order chi connectivity index (χ1) is 15.0. The van der Waals surface area contributed by atoms with Crippen LogP contribution in [0, 0.1) is 5.92 Å². The second kappa shape index (κ2) is 10.7. The minimum atomic E-state index is -0.603. The number of hydrogen-bond acceptors (Lipinski definition) is 6. The summed E-state index contributed by atoms with van der Waals surface area (Å²) < 4.78 is 15.8. The Hall–Kier alpha value is -3.22. The number of benzene rings is 2. The minimum Gasteiger partial charge on any atom is -0.493 e. The maximum Gasteiger partial charge on any atom is 0.338 e. The lowest BCUT2D eigenvalue weighted by Crippen LogP contribution is -2.32. The van der Waals surface area contributed by atoms with E-state index in [1.165, 1.54) is 20.0 Å². The van der Waals surface area contributed by atoms with Crippen molar-refractivity contribution >= 4 is 23.3 Å². The molecule has 1 aliphatic rings. The summed E-state index contributed by atoms with van der Waals surface area (Å²) in [5, 5.41) is 2.76. The summed E-state index contributed by atoms with van der Waals surface area (Å²) in [5.74, 6) is 0.756. The minimum absolute atomic E-state index is 0.289. The highest BCUT2D eigenvalue weighted by Gasteiger charge is 2.17. The number of rotatable bonds is 8. The molecule has 2 aromatic rings. The third kappa shape index (κ3) is 6.13. The third-order valence-electron chi connectivity index (χ3n) is 5.33. The molecule has 1 heterocycles. The van der Waals surface area contributed by atoms with Crippen molar-refractivity contribution in [3.63, 3.8) is 0 Å². The Kier molecular flexibility index (Phi) is 7.76. The Morgan fingerprint density at radius 1 is 1.06 bits per heavy atom. The topological polar surface area (TPSA) is 77.1 Å². The predicted molar refractivity (Wildman–Crippen MR) is 120 cm³/mol. The largest absolute Gasteiger partial charge is 0.493 e. The van der Waals surface area contributed by atoms with Crippen LogP contribution >= 0.6 is 0 Å². The maximum atomic E-state index is 12.3. The molecule has 2 aromatic carbocycles. The number of carbonyl (C=O) groups excluding carboxylic acids is 2. The molecule has 0 bridgehead atoms. The number of hydrogen-bond donors (Lipinski definition) is 1. The van der Waals surface area contributed by atoms with Gasteiger partial charge >= 0.3 is 5.97 Å². The van der Waals surface area contributed by atoms with E-state index in [0.29, 0.717) is 23.8 Å². The van der Waals surface area contributed by atoms with Gasteiger partial charge in [0.15, 0.2) is 18.1 Å².